The Balaban J connectivity index is 1.97. The summed E-state index contributed by atoms with van der Waals surface area (Å²) in [6.07, 6.45) is 1.89. The summed E-state index contributed by atoms with van der Waals surface area (Å²) in [7, 11) is 3.22. The molecule has 1 aromatic heterocycles. The molecular weight excluding hydrogens is 269 g/mol. The molecule has 0 atom stereocenters. The topological polar surface area (TPSA) is 23.4 Å². The first-order valence-corrected chi connectivity index (χ1v) is 6.67. The predicted octanol–water partition coefficient (Wildman–Crippen LogP) is 3.85. The number of fused-ring (bicyclic) bond motifs is 1. The lowest BCUT2D eigenvalue weighted by molar-refractivity contribution is 0.354. The van der Waals surface area contributed by atoms with Crippen molar-refractivity contribution in [3.63, 3.8) is 0 Å². The van der Waals surface area contributed by atoms with Gasteiger partial charge in [0.25, 0.3) is 0 Å². The molecule has 0 aliphatic rings. The third-order valence-corrected chi connectivity index (χ3v) is 3.56. The Bertz CT molecular complexity index is 780. The van der Waals surface area contributed by atoms with Crippen LogP contribution in [0.1, 0.15) is 5.56 Å². The van der Waals surface area contributed by atoms with Gasteiger partial charge in [-0.15, -0.1) is 0 Å². The summed E-state index contributed by atoms with van der Waals surface area (Å²) >= 11 is 0. The number of halogens is 1. The SMILES string of the molecule is COc1ccc(Cn2ccc3c(F)cccc32)cc1OC. The van der Waals surface area contributed by atoms with Crippen molar-refractivity contribution in [2.24, 2.45) is 0 Å². The molecule has 0 bridgehead atoms. The number of rotatable bonds is 4. The minimum Gasteiger partial charge on any atom is -0.493 e. The summed E-state index contributed by atoms with van der Waals surface area (Å²) in [6, 6.07) is 12.7. The average Bonchev–Trinajstić information content (AvgIpc) is 2.92. The van der Waals surface area contributed by atoms with Gasteiger partial charge in [-0.1, -0.05) is 12.1 Å². The van der Waals surface area contributed by atoms with E-state index in [-0.39, 0.29) is 5.82 Å². The van der Waals surface area contributed by atoms with E-state index in [1.165, 1.54) is 6.07 Å². The zero-order valence-corrected chi connectivity index (χ0v) is 12.0. The molecular formula is C17H16FNO2. The van der Waals surface area contributed by atoms with Crippen molar-refractivity contribution in [1.82, 2.24) is 4.57 Å². The zero-order chi connectivity index (χ0) is 14.8. The Morgan fingerprint density at radius 2 is 1.81 bits per heavy atom. The van der Waals surface area contributed by atoms with Gasteiger partial charge in [0, 0.05) is 18.1 Å². The van der Waals surface area contributed by atoms with Crippen molar-refractivity contribution in [3.8, 4) is 11.5 Å². The number of benzene rings is 2. The molecule has 1 heterocycles. The molecule has 2 aromatic carbocycles. The fourth-order valence-electron chi connectivity index (χ4n) is 2.50. The third kappa shape index (κ3) is 2.44. The Morgan fingerprint density at radius 1 is 1.00 bits per heavy atom. The summed E-state index contributed by atoms with van der Waals surface area (Å²) in [5, 5.41) is 0.637. The van der Waals surface area contributed by atoms with Gasteiger partial charge in [-0.25, -0.2) is 4.39 Å². The van der Waals surface area contributed by atoms with Crippen molar-refractivity contribution in [3.05, 3.63) is 60.0 Å². The van der Waals surface area contributed by atoms with Crippen LogP contribution in [-0.2, 0) is 6.54 Å². The number of aromatic nitrogens is 1. The van der Waals surface area contributed by atoms with Crippen molar-refractivity contribution in [2.75, 3.05) is 14.2 Å². The van der Waals surface area contributed by atoms with Gasteiger partial charge in [0.05, 0.1) is 19.7 Å². The third-order valence-electron chi connectivity index (χ3n) is 3.56. The standard InChI is InChI=1S/C17H16FNO2/c1-20-16-7-6-12(10-17(16)21-2)11-19-9-8-13-14(18)4-3-5-15(13)19/h3-10H,11H2,1-2H3. The summed E-state index contributed by atoms with van der Waals surface area (Å²) in [6.45, 7) is 0.646. The first-order chi connectivity index (χ1) is 10.2. The highest BCUT2D eigenvalue weighted by Gasteiger charge is 2.08. The molecule has 4 heteroatoms. The van der Waals surface area contributed by atoms with E-state index in [0.717, 1.165) is 11.1 Å². The van der Waals surface area contributed by atoms with E-state index >= 15 is 0 Å². The normalized spacial score (nSPS) is 10.8. The van der Waals surface area contributed by atoms with Crippen molar-refractivity contribution < 1.29 is 13.9 Å². The van der Waals surface area contributed by atoms with Crippen molar-refractivity contribution >= 4 is 10.9 Å². The van der Waals surface area contributed by atoms with E-state index in [4.69, 9.17) is 9.47 Å². The van der Waals surface area contributed by atoms with Gasteiger partial charge in [-0.2, -0.15) is 0 Å². The highest BCUT2D eigenvalue weighted by molar-refractivity contribution is 5.80. The lowest BCUT2D eigenvalue weighted by Crippen LogP contribution is -1.99. The fraction of sp³-hybridized carbons (Fsp3) is 0.176. The summed E-state index contributed by atoms with van der Waals surface area (Å²) in [5.74, 6) is 1.20. The van der Waals surface area contributed by atoms with Crippen molar-refractivity contribution in [1.29, 1.82) is 0 Å². The molecule has 3 nitrogen and oxygen atoms in total. The average molecular weight is 285 g/mol. The molecule has 21 heavy (non-hydrogen) atoms. The minimum atomic E-state index is -0.196. The molecule has 0 spiro atoms. The number of hydrogen-bond donors (Lipinski definition) is 0. The second kappa shape index (κ2) is 5.48. The number of nitrogens with zero attached hydrogens (tertiary/aromatic N) is 1. The van der Waals surface area contributed by atoms with Crippen LogP contribution in [0.3, 0.4) is 0 Å². The number of hydrogen-bond acceptors (Lipinski definition) is 2. The summed E-state index contributed by atoms with van der Waals surface area (Å²) in [4.78, 5) is 0. The Morgan fingerprint density at radius 3 is 2.57 bits per heavy atom. The first kappa shape index (κ1) is 13.5. The van der Waals surface area contributed by atoms with Crippen LogP contribution in [0.2, 0.25) is 0 Å². The smallest absolute Gasteiger partial charge is 0.161 e. The van der Waals surface area contributed by atoms with Crippen LogP contribution in [0.4, 0.5) is 4.39 Å². The summed E-state index contributed by atoms with van der Waals surface area (Å²) < 4.78 is 26.3. The van der Waals surface area contributed by atoms with Gasteiger partial charge in [0.1, 0.15) is 5.82 Å². The Kier molecular flexibility index (Phi) is 3.52. The van der Waals surface area contributed by atoms with Crippen LogP contribution in [-0.4, -0.2) is 18.8 Å². The number of ether oxygens (including phenoxy) is 2. The van der Waals surface area contributed by atoms with Crippen LogP contribution < -0.4 is 9.47 Å². The van der Waals surface area contributed by atoms with E-state index in [1.54, 1.807) is 26.4 Å². The molecule has 3 rings (SSSR count). The van der Waals surface area contributed by atoms with E-state index in [2.05, 4.69) is 0 Å². The molecule has 108 valence electrons. The molecule has 0 saturated carbocycles. The van der Waals surface area contributed by atoms with E-state index in [0.29, 0.717) is 23.4 Å². The summed E-state index contributed by atoms with van der Waals surface area (Å²) in [5.41, 5.74) is 1.94. The lowest BCUT2D eigenvalue weighted by Gasteiger charge is -2.11. The number of methoxy groups -OCH3 is 2. The van der Waals surface area contributed by atoms with E-state index in [9.17, 15) is 4.39 Å². The molecule has 0 aliphatic heterocycles. The maximum Gasteiger partial charge on any atom is 0.161 e. The van der Waals surface area contributed by atoms with Gasteiger partial charge in [0.15, 0.2) is 11.5 Å². The monoisotopic (exact) mass is 285 g/mol. The van der Waals surface area contributed by atoms with Crippen LogP contribution in [0.25, 0.3) is 10.9 Å². The van der Waals surface area contributed by atoms with Gasteiger partial charge < -0.3 is 14.0 Å². The van der Waals surface area contributed by atoms with Gasteiger partial charge in [-0.05, 0) is 35.9 Å². The molecule has 3 aromatic rings. The second-order valence-electron chi connectivity index (χ2n) is 4.81. The highest BCUT2D eigenvalue weighted by Crippen LogP contribution is 2.28. The van der Waals surface area contributed by atoms with Crippen LogP contribution in [0.15, 0.2) is 48.7 Å². The lowest BCUT2D eigenvalue weighted by atomic mass is 10.2. The van der Waals surface area contributed by atoms with Crippen LogP contribution in [0, 0.1) is 5.82 Å². The molecule has 0 unspecified atom stereocenters. The van der Waals surface area contributed by atoms with E-state index < -0.39 is 0 Å². The van der Waals surface area contributed by atoms with Gasteiger partial charge >= 0.3 is 0 Å². The molecule has 0 amide bonds. The molecule has 0 radical (unpaired) electrons. The largest absolute Gasteiger partial charge is 0.493 e. The second-order valence-corrected chi connectivity index (χ2v) is 4.81. The fourth-order valence-corrected chi connectivity index (χ4v) is 2.50. The maximum absolute atomic E-state index is 13.7. The Labute approximate surface area is 122 Å². The maximum atomic E-state index is 13.7. The molecule has 0 fully saturated rings. The van der Waals surface area contributed by atoms with Gasteiger partial charge in [-0.3, -0.25) is 0 Å². The molecule has 0 N–H and O–H groups in total. The van der Waals surface area contributed by atoms with Gasteiger partial charge in [0.2, 0.25) is 0 Å². The minimum absolute atomic E-state index is 0.196. The quantitative estimate of drug-likeness (QED) is 0.727. The molecule has 0 aliphatic carbocycles. The zero-order valence-electron chi connectivity index (χ0n) is 12.0. The highest BCUT2D eigenvalue weighted by atomic mass is 19.1. The van der Waals surface area contributed by atoms with Crippen LogP contribution >= 0.6 is 0 Å². The van der Waals surface area contributed by atoms with E-state index in [1.807, 2.05) is 35.0 Å². The Hall–Kier alpha value is -2.49. The predicted molar refractivity (Wildman–Crippen MR) is 80.5 cm³/mol. The van der Waals surface area contributed by atoms with Crippen LogP contribution in [0.5, 0.6) is 11.5 Å². The van der Waals surface area contributed by atoms with Crippen molar-refractivity contribution in [2.45, 2.75) is 6.54 Å². The molecule has 0 saturated heterocycles. The first-order valence-electron chi connectivity index (χ1n) is 6.67.